The number of halogens is 5. The number of pyridine rings is 1. The Hall–Kier alpha value is -1.93. The summed E-state index contributed by atoms with van der Waals surface area (Å²) in [7, 11) is 0. The van der Waals surface area contributed by atoms with Crippen molar-refractivity contribution in [2.75, 3.05) is 0 Å². The van der Waals surface area contributed by atoms with Crippen molar-refractivity contribution < 1.29 is 36.6 Å². The molecule has 0 aliphatic heterocycles. The van der Waals surface area contributed by atoms with E-state index in [-0.39, 0.29) is 6.20 Å². The summed E-state index contributed by atoms with van der Waals surface area (Å²) in [6.45, 7) is -3.57. The minimum Gasteiger partial charge on any atom is -0.477 e. The number of hydrogen-bond acceptors (Lipinski definition) is 3. The third kappa shape index (κ3) is 3.02. The second-order valence-electron chi connectivity index (χ2n) is 2.75. The van der Waals surface area contributed by atoms with Crippen LogP contribution >= 0.6 is 0 Å². The van der Waals surface area contributed by atoms with E-state index in [1.807, 2.05) is 0 Å². The zero-order valence-corrected chi connectivity index (χ0v) is 7.83. The Morgan fingerprint density at radius 3 is 2.35 bits per heavy atom. The Bertz CT molecular complexity index is 432. The third-order valence-corrected chi connectivity index (χ3v) is 1.64. The molecule has 1 N–H and O–H groups in total. The second-order valence-corrected chi connectivity index (χ2v) is 2.75. The first kappa shape index (κ1) is 13.1. The van der Waals surface area contributed by atoms with Crippen LogP contribution < -0.4 is 4.74 Å². The molecule has 0 fully saturated rings. The number of carboxylic acids is 1. The van der Waals surface area contributed by atoms with Gasteiger partial charge >= 0.3 is 18.8 Å². The van der Waals surface area contributed by atoms with Crippen LogP contribution in [0.5, 0.6) is 5.75 Å². The van der Waals surface area contributed by atoms with E-state index in [0.29, 0.717) is 6.20 Å². The number of carbonyl (C=O) groups is 1. The molecule has 94 valence electrons. The molecule has 0 amide bonds. The number of carboxylic acid groups (broad SMARTS) is 1. The van der Waals surface area contributed by atoms with Crippen LogP contribution in [0.25, 0.3) is 0 Å². The van der Waals surface area contributed by atoms with Crippen LogP contribution in [0, 0.1) is 0 Å². The van der Waals surface area contributed by atoms with Crippen LogP contribution in [0.15, 0.2) is 12.4 Å². The van der Waals surface area contributed by atoms with Crippen molar-refractivity contribution in [2.24, 2.45) is 0 Å². The fourth-order valence-corrected chi connectivity index (χ4v) is 1.02. The van der Waals surface area contributed by atoms with Crippen LogP contribution in [-0.2, 0) is 6.18 Å². The van der Waals surface area contributed by atoms with E-state index in [2.05, 4.69) is 9.72 Å². The topological polar surface area (TPSA) is 59.4 Å². The van der Waals surface area contributed by atoms with E-state index in [9.17, 15) is 26.7 Å². The van der Waals surface area contributed by atoms with Crippen molar-refractivity contribution >= 4 is 5.97 Å². The predicted octanol–water partition coefficient (Wildman–Crippen LogP) is 2.40. The molecule has 1 aromatic heterocycles. The van der Waals surface area contributed by atoms with Crippen LogP contribution in [0.4, 0.5) is 22.0 Å². The van der Waals surface area contributed by atoms with Crippen LogP contribution in [0.2, 0.25) is 0 Å². The lowest BCUT2D eigenvalue weighted by molar-refractivity contribution is -0.142. The molecule has 0 bridgehead atoms. The van der Waals surface area contributed by atoms with Gasteiger partial charge in [0.15, 0.2) is 5.75 Å². The Labute approximate surface area is 90.6 Å². The standard InChI is InChI=1S/C8H4F5NO3/c9-7(10)17-5-3(6(15)16)1-14-2-4(5)8(11,12)13/h1-2,7H,(H,15,16). The normalized spacial score (nSPS) is 11.6. The highest BCUT2D eigenvalue weighted by molar-refractivity contribution is 5.91. The molecule has 0 aliphatic carbocycles. The summed E-state index contributed by atoms with van der Waals surface area (Å²) in [5, 5.41) is 8.54. The molecule has 0 spiro atoms. The van der Waals surface area contributed by atoms with Gasteiger partial charge in [0.1, 0.15) is 11.1 Å². The molecular formula is C8H4F5NO3. The number of alkyl halides is 5. The van der Waals surface area contributed by atoms with Gasteiger partial charge in [-0.25, -0.2) is 4.79 Å². The van der Waals surface area contributed by atoms with Crippen LogP contribution in [-0.4, -0.2) is 22.7 Å². The molecule has 0 aromatic carbocycles. The number of ether oxygens (including phenoxy) is 1. The lowest BCUT2D eigenvalue weighted by Gasteiger charge is -2.14. The summed E-state index contributed by atoms with van der Waals surface area (Å²) in [6.07, 6.45) is -4.33. The van der Waals surface area contributed by atoms with Gasteiger partial charge in [-0.15, -0.1) is 0 Å². The first-order chi connectivity index (χ1) is 7.73. The van der Waals surface area contributed by atoms with Crippen molar-refractivity contribution in [2.45, 2.75) is 12.8 Å². The van der Waals surface area contributed by atoms with E-state index >= 15 is 0 Å². The van der Waals surface area contributed by atoms with E-state index in [0.717, 1.165) is 0 Å². The van der Waals surface area contributed by atoms with Crippen molar-refractivity contribution in [3.8, 4) is 5.75 Å². The van der Waals surface area contributed by atoms with Gasteiger partial charge in [0.05, 0.1) is 0 Å². The van der Waals surface area contributed by atoms with Gasteiger partial charge in [0, 0.05) is 12.4 Å². The fraction of sp³-hybridized carbons (Fsp3) is 0.250. The largest absolute Gasteiger partial charge is 0.477 e. The maximum Gasteiger partial charge on any atom is 0.421 e. The Morgan fingerprint density at radius 1 is 1.35 bits per heavy atom. The molecule has 1 aromatic rings. The van der Waals surface area contributed by atoms with Crippen molar-refractivity contribution in [1.82, 2.24) is 4.98 Å². The van der Waals surface area contributed by atoms with E-state index < -0.39 is 35.6 Å². The number of hydrogen-bond donors (Lipinski definition) is 1. The first-order valence-electron chi connectivity index (χ1n) is 3.96. The molecule has 0 radical (unpaired) electrons. The summed E-state index contributed by atoms with van der Waals surface area (Å²) < 4.78 is 64.6. The lowest BCUT2D eigenvalue weighted by atomic mass is 10.1. The van der Waals surface area contributed by atoms with Crippen molar-refractivity contribution in [1.29, 1.82) is 0 Å². The average Bonchev–Trinajstić information content (AvgIpc) is 2.14. The van der Waals surface area contributed by atoms with Crippen molar-refractivity contribution in [3.05, 3.63) is 23.5 Å². The summed E-state index contributed by atoms with van der Waals surface area (Å²) in [4.78, 5) is 13.6. The van der Waals surface area contributed by atoms with Gasteiger partial charge in [0.2, 0.25) is 0 Å². The molecule has 17 heavy (non-hydrogen) atoms. The molecule has 0 atom stereocenters. The number of aromatic carboxylic acids is 1. The minimum atomic E-state index is -5.04. The SMILES string of the molecule is O=C(O)c1cncc(C(F)(F)F)c1OC(F)F. The zero-order chi connectivity index (χ0) is 13.2. The second kappa shape index (κ2) is 4.52. The number of aromatic nitrogens is 1. The highest BCUT2D eigenvalue weighted by Crippen LogP contribution is 2.38. The Balaban J connectivity index is 3.40. The fourth-order valence-electron chi connectivity index (χ4n) is 1.02. The first-order valence-corrected chi connectivity index (χ1v) is 3.96. The highest BCUT2D eigenvalue weighted by Gasteiger charge is 2.37. The quantitative estimate of drug-likeness (QED) is 0.844. The molecule has 0 saturated carbocycles. The maximum absolute atomic E-state index is 12.4. The zero-order valence-electron chi connectivity index (χ0n) is 7.83. The summed E-state index contributed by atoms with van der Waals surface area (Å²) in [5.41, 5.74) is -2.75. The minimum absolute atomic E-state index is 0.212. The van der Waals surface area contributed by atoms with Gasteiger partial charge in [-0.1, -0.05) is 0 Å². The lowest BCUT2D eigenvalue weighted by Crippen LogP contribution is -2.15. The van der Waals surface area contributed by atoms with Gasteiger partial charge < -0.3 is 9.84 Å². The predicted molar refractivity (Wildman–Crippen MR) is 42.8 cm³/mol. The Morgan fingerprint density at radius 2 is 1.94 bits per heavy atom. The van der Waals surface area contributed by atoms with Crippen molar-refractivity contribution in [3.63, 3.8) is 0 Å². The smallest absolute Gasteiger partial charge is 0.421 e. The van der Waals surface area contributed by atoms with E-state index in [1.54, 1.807) is 0 Å². The number of rotatable bonds is 3. The van der Waals surface area contributed by atoms with E-state index in [1.165, 1.54) is 0 Å². The molecule has 0 aliphatic rings. The van der Waals surface area contributed by atoms with Gasteiger partial charge in [-0.3, -0.25) is 4.98 Å². The summed E-state index contributed by atoms with van der Waals surface area (Å²) >= 11 is 0. The summed E-state index contributed by atoms with van der Waals surface area (Å²) in [6, 6.07) is 0. The molecule has 9 heteroatoms. The van der Waals surface area contributed by atoms with Gasteiger partial charge in [-0.2, -0.15) is 22.0 Å². The van der Waals surface area contributed by atoms with Gasteiger partial charge in [0.25, 0.3) is 0 Å². The Kier molecular flexibility index (Phi) is 3.49. The molecule has 0 saturated heterocycles. The number of nitrogens with zero attached hydrogens (tertiary/aromatic N) is 1. The molecule has 4 nitrogen and oxygen atoms in total. The molecular weight excluding hydrogens is 253 g/mol. The third-order valence-electron chi connectivity index (χ3n) is 1.64. The van der Waals surface area contributed by atoms with Gasteiger partial charge in [-0.05, 0) is 0 Å². The van der Waals surface area contributed by atoms with Crippen LogP contribution in [0.3, 0.4) is 0 Å². The molecule has 1 heterocycles. The van der Waals surface area contributed by atoms with E-state index in [4.69, 9.17) is 5.11 Å². The van der Waals surface area contributed by atoms with Crippen LogP contribution in [0.1, 0.15) is 15.9 Å². The monoisotopic (exact) mass is 257 g/mol. The highest BCUT2D eigenvalue weighted by atomic mass is 19.4. The molecule has 1 rings (SSSR count). The molecule has 0 unspecified atom stereocenters. The maximum atomic E-state index is 12.4. The average molecular weight is 257 g/mol. The summed E-state index contributed by atoms with van der Waals surface area (Å²) in [5.74, 6) is -3.30.